The molecule has 2 aliphatic heterocycles. The number of amides is 1. The van der Waals surface area contributed by atoms with Crippen LogP contribution in [0.1, 0.15) is 39.9 Å². The Balaban J connectivity index is 1.42. The summed E-state index contributed by atoms with van der Waals surface area (Å²) in [7, 11) is 1.33. The standard InChI is InChI=1S/C30H31N3O4/c1-37-30(36)23-9-12-25-26(17-23)32-29(35)27(25)28(22-5-3-2-4-6-22)31-24-10-7-20(8-11-24)18-33-15-13-21(19-34)14-16-33/h2-12,17,21,31,34H,13-16,18-19H2,1H3,(H,32,35)/b28-27-. The third kappa shape index (κ3) is 5.43. The molecule has 0 bridgehead atoms. The maximum Gasteiger partial charge on any atom is 0.337 e. The van der Waals surface area contributed by atoms with E-state index in [1.807, 2.05) is 42.5 Å². The molecule has 1 amide bonds. The molecular formula is C30H31N3O4. The van der Waals surface area contributed by atoms with E-state index < -0.39 is 5.97 Å². The molecular weight excluding hydrogens is 466 g/mol. The Morgan fingerprint density at radius 1 is 1.03 bits per heavy atom. The number of hydrogen-bond donors (Lipinski definition) is 3. The average Bonchev–Trinajstić information content (AvgIpc) is 3.27. The summed E-state index contributed by atoms with van der Waals surface area (Å²) < 4.78 is 4.82. The van der Waals surface area contributed by atoms with Gasteiger partial charge in [-0.2, -0.15) is 0 Å². The highest BCUT2D eigenvalue weighted by atomic mass is 16.5. The predicted molar refractivity (Wildman–Crippen MR) is 145 cm³/mol. The fourth-order valence-corrected chi connectivity index (χ4v) is 4.97. The van der Waals surface area contributed by atoms with Crippen molar-refractivity contribution in [2.45, 2.75) is 19.4 Å². The summed E-state index contributed by atoms with van der Waals surface area (Å²) in [6, 6.07) is 23.1. The molecule has 0 aromatic heterocycles. The van der Waals surface area contributed by atoms with Crippen molar-refractivity contribution in [1.82, 2.24) is 4.90 Å². The minimum absolute atomic E-state index is 0.230. The van der Waals surface area contributed by atoms with Gasteiger partial charge in [0.15, 0.2) is 0 Å². The number of rotatable bonds is 7. The first-order valence-corrected chi connectivity index (χ1v) is 12.6. The molecule has 3 N–H and O–H groups in total. The van der Waals surface area contributed by atoms with Crippen LogP contribution in [0.5, 0.6) is 0 Å². The van der Waals surface area contributed by atoms with Crippen molar-refractivity contribution in [3.8, 4) is 0 Å². The Kier molecular flexibility index (Phi) is 7.35. The van der Waals surface area contributed by atoms with Crippen LogP contribution in [0, 0.1) is 5.92 Å². The van der Waals surface area contributed by atoms with Gasteiger partial charge in [-0.3, -0.25) is 9.69 Å². The highest BCUT2D eigenvalue weighted by Crippen LogP contribution is 2.38. The Labute approximate surface area is 216 Å². The van der Waals surface area contributed by atoms with E-state index in [9.17, 15) is 14.7 Å². The number of carbonyl (C=O) groups is 2. The monoisotopic (exact) mass is 497 g/mol. The molecule has 7 nitrogen and oxygen atoms in total. The third-order valence-electron chi connectivity index (χ3n) is 7.09. The van der Waals surface area contributed by atoms with Crippen molar-refractivity contribution in [2.24, 2.45) is 5.92 Å². The number of aliphatic hydroxyl groups excluding tert-OH is 1. The van der Waals surface area contributed by atoms with Gasteiger partial charge in [-0.05, 0) is 67.2 Å². The van der Waals surface area contributed by atoms with Crippen LogP contribution >= 0.6 is 0 Å². The summed E-state index contributed by atoms with van der Waals surface area (Å²) in [4.78, 5) is 27.6. The van der Waals surface area contributed by atoms with E-state index in [0.29, 0.717) is 28.4 Å². The topological polar surface area (TPSA) is 90.9 Å². The fourth-order valence-electron chi connectivity index (χ4n) is 4.97. The van der Waals surface area contributed by atoms with Crippen molar-refractivity contribution in [3.05, 3.63) is 95.1 Å². The van der Waals surface area contributed by atoms with Crippen LogP contribution in [0.2, 0.25) is 0 Å². The van der Waals surface area contributed by atoms with Gasteiger partial charge in [-0.15, -0.1) is 0 Å². The first-order valence-electron chi connectivity index (χ1n) is 12.6. The van der Waals surface area contributed by atoms with Gasteiger partial charge in [0.05, 0.1) is 29.6 Å². The van der Waals surface area contributed by atoms with Crippen LogP contribution in [-0.4, -0.2) is 48.7 Å². The largest absolute Gasteiger partial charge is 0.465 e. The number of nitrogens with zero attached hydrogens (tertiary/aromatic N) is 1. The molecule has 190 valence electrons. The number of piperidine rings is 1. The molecule has 37 heavy (non-hydrogen) atoms. The van der Waals surface area contributed by atoms with Gasteiger partial charge in [0, 0.05) is 24.4 Å². The van der Waals surface area contributed by atoms with E-state index in [1.165, 1.54) is 12.7 Å². The number of likely N-dealkylation sites (tertiary alicyclic amines) is 1. The third-order valence-corrected chi connectivity index (χ3v) is 7.09. The molecule has 5 rings (SSSR count). The molecule has 0 saturated carbocycles. The normalized spacial score (nSPS) is 17.2. The summed E-state index contributed by atoms with van der Waals surface area (Å²) >= 11 is 0. The average molecular weight is 498 g/mol. The second-order valence-electron chi connectivity index (χ2n) is 9.55. The maximum atomic E-state index is 13.2. The number of methoxy groups -OCH3 is 1. The Bertz CT molecular complexity index is 1310. The molecule has 2 aliphatic rings. The number of aliphatic hydroxyl groups is 1. The zero-order valence-corrected chi connectivity index (χ0v) is 20.9. The van der Waals surface area contributed by atoms with Crippen molar-refractivity contribution in [2.75, 3.05) is 37.4 Å². The Morgan fingerprint density at radius 3 is 2.43 bits per heavy atom. The van der Waals surface area contributed by atoms with Gasteiger partial charge < -0.3 is 20.5 Å². The van der Waals surface area contributed by atoms with Gasteiger partial charge in [0.2, 0.25) is 0 Å². The van der Waals surface area contributed by atoms with Crippen LogP contribution in [0.4, 0.5) is 11.4 Å². The van der Waals surface area contributed by atoms with Crippen molar-refractivity contribution < 1.29 is 19.4 Å². The highest BCUT2D eigenvalue weighted by Gasteiger charge is 2.29. The molecule has 3 aromatic carbocycles. The number of esters is 1. The Hall–Kier alpha value is -3.94. The lowest BCUT2D eigenvalue weighted by atomic mass is 9.97. The lowest BCUT2D eigenvalue weighted by Gasteiger charge is -2.31. The van der Waals surface area contributed by atoms with Gasteiger partial charge in [0.1, 0.15) is 0 Å². The summed E-state index contributed by atoms with van der Waals surface area (Å²) in [6.07, 6.45) is 2.07. The minimum atomic E-state index is -0.450. The lowest BCUT2D eigenvalue weighted by molar-refractivity contribution is -0.110. The van der Waals surface area contributed by atoms with Gasteiger partial charge in [0.25, 0.3) is 5.91 Å². The first-order chi connectivity index (χ1) is 18.1. The molecule has 2 heterocycles. The van der Waals surface area contributed by atoms with Crippen LogP contribution in [-0.2, 0) is 16.1 Å². The molecule has 0 unspecified atom stereocenters. The van der Waals surface area contributed by atoms with Crippen LogP contribution in [0.15, 0.2) is 72.8 Å². The van der Waals surface area contributed by atoms with Crippen molar-refractivity contribution >= 4 is 34.5 Å². The van der Waals surface area contributed by atoms with E-state index in [2.05, 4.69) is 27.7 Å². The predicted octanol–water partition coefficient (Wildman–Crippen LogP) is 4.61. The van der Waals surface area contributed by atoms with E-state index in [4.69, 9.17) is 4.74 Å². The molecule has 0 atom stereocenters. The van der Waals surface area contributed by atoms with E-state index in [1.54, 1.807) is 18.2 Å². The molecule has 0 aliphatic carbocycles. The number of carbonyl (C=O) groups excluding carboxylic acids is 2. The number of benzene rings is 3. The minimum Gasteiger partial charge on any atom is -0.465 e. The summed E-state index contributed by atoms with van der Waals surface area (Å²) in [6.45, 7) is 3.16. The maximum absolute atomic E-state index is 13.2. The van der Waals surface area contributed by atoms with Crippen molar-refractivity contribution in [3.63, 3.8) is 0 Å². The lowest BCUT2D eigenvalue weighted by Crippen LogP contribution is -2.34. The molecule has 0 spiro atoms. The van der Waals surface area contributed by atoms with Crippen LogP contribution in [0.3, 0.4) is 0 Å². The zero-order chi connectivity index (χ0) is 25.8. The van der Waals surface area contributed by atoms with Gasteiger partial charge >= 0.3 is 5.97 Å². The van der Waals surface area contributed by atoms with Crippen LogP contribution in [0.25, 0.3) is 11.3 Å². The first kappa shape index (κ1) is 24.7. The second-order valence-corrected chi connectivity index (χ2v) is 9.55. The SMILES string of the molecule is COC(=O)c1ccc2c(c1)NC(=O)/C2=C(\Nc1ccc(CN2CCC(CO)CC2)cc1)c1ccccc1. The van der Waals surface area contributed by atoms with Gasteiger partial charge in [-0.25, -0.2) is 4.79 Å². The molecule has 0 radical (unpaired) electrons. The zero-order valence-electron chi connectivity index (χ0n) is 20.9. The summed E-state index contributed by atoms with van der Waals surface area (Å²) in [5.74, 6) is -0.253. The van der Waals surface area contributed by atoms with E-state index in [0.717, 1.165) is 49.3 Å². The van der Waals surface area contributed by atoms with Gasteiger partial charge in [-0.1, -0.05) is 48.5 Å². The van der Waals surface area contributed by atoms with E-state index >= 15 is 0 Å². The number of nitrogens with one attached hydrogen (secondary N) is 2. The van der Waals surface area contributed by atoms with Crippen LogP contribution < -0.4 is 10.6 Å². The Morgan fingerprint density at radius 2 is 1.76 bits per heavy atom. The number of hydrogen-bond acceptors (Lipinski definition) is 6. The number of ether oxygens (including phenoxy) is 1. The van der Waals surface area contributed by atoms with Crippen molar-refractivity contribution in [1.29, 1.82) is 0 Å². The summed E-state index contributed by atoms with van der Waals surface area (Å²) in [5.41, 5.74) is 5.89. The fraction of sp³-hybridized carbons (Fsp3) is 0.267. The highest BCUT2D eigenvalue weighted by molar-refractivity contribution is 6.37. The smallest absolute Gasteiger partial charge is 0.337 e. The second kappa shape index (κ2) is 11.0. The molecule has 7 heteroatoms. The number of anilines is 2. The van der Waals surface area contributed by atoms with E-state index in [-0.39, 0.29) is 12.5 Å². The molecule has 3 aromatic rings. The molecule has 1 fully saturated rings. The molecule has 1 saturated heterocycles. The quantitative estimate of drug-likeness (QED) is 0.326. The summed E-state index contributed by atoms with van der Waals surface area (Å²) in [5, 5.41) is 15.8. The number of fused-ring (bicyclic) bond motifs is 1.